The molecule has 0 bridgehead atoms. The Morgan fingerprint density at radius 1 is 1.20 bits per heavy atom. The number of hydrogen-bond acceptors (Lipinski definition) is 4. The molecule has 1 N–H and O–H groups in total. The predicted octanol–water partition coefficient (Wildman–Crippen LogP) is 3.73. The van der Waals surface area contributed by atoms with Gasteiger partial charge in [0.15, 0.2) is 0 Å². The van der Waals surface area contributed by atoms with Crippen molar-refractivity contribution in [3.63, 3.8) is 0 Å². The Kier molecular flexibility index (Phi) is 5.88. The maximum atomic E-state index is 12.0. The molecule has 1 aliphatic rings. The summed E-state index contributed by atoms with van der Waals surface area (Å²) in [6.45, 7) is 4.80. The van der Waals surface area contributed by atoms with Gasteiger partial charge in [0.1, 0.15) is 11.6 Å². The molecule has 132 valence electrons. The highest BCUT2D eigenvalue weighted by Crippen LogP contribution is 2.23. The van der Waals surface area contributed by atoms with E-state index in [9.17, 15) is 4.79 Å². The van der Waals surface area contributed by atoms with Crippen LogP contribution in [-0.4, -0.2) is 30.6 Å². The SMILES string of the molecule is CC1CCN(c2ccc(NC(=O)CCOc3ccccc3)nc2)CC1. The first-order valence-electron chi connectivity index (χ1n) is 8.89. The number of para-hydroxylation sites is 1. The van der Waals surface area contributed by atoms with Gasteiger partial charge in [-0.3, -0.25) is 4.79 Å². The average molecular weight is 339 g/mol. The summed E-state index contributed by atoms with van der Waals surface area (Å²) in [7, 11) is 0. The van der Waals surface area contributed by atoms with E-state index in [1.165, 1.54) is 12.8 Å². The van der Waals surface area contributed by atoms with Gasteiger partial charge >= 0.3 is 0 Å². The summed E-state index contributed by atoms with van der Waals surface area (Å²) in [5.74, 6) is 2.07. The fourth-order valence-corrected chi connectivity index (χ4v) is 2.90. The second-order valence-electron chi connectivity index (χ2n) is 6.53. The lowest BCUT2D eigenvalue weighted by Gasteiger charge is -2.31. The Labute approximate surface area is 149 Å². The lowest BCUT2D eigenvalue weighted by molar-refractivity contribution is -0.116. The van der Waals surface area contributed by atoms with Crippen molar-refractivity contribution in [3.8, 4) is 5.75 Å². The van der Waals surface area contributed by atoms with Crippen molar-refractivity contribution in [2.75, 3.05) is 29.9 Å². The Hall–Kier alpha value is -2.56. The van der Waals surface area contributed by atoms with Gasteiger partial charge in [-0.25, -0.2) is 4.98 Å². The number of anilines is 2. The minimum Gasteiger partial charge on any atom is -0.493 e. The van der Waals surface area contributed by atoms with Gasteiger partial charge in [0, 0.05) is 13.1 Å². The summed E-state index contributed by atoms with van der Waals surface area (Å²) >= 11 is 0. The van der Waals surface area contributed by atoms with Gasteiger partial charge < -0.3 is 15.0 Å². The molecule has 25 heavy (non-hydrogen) atoms. The van der Waals surface area contributed by atoms with Gasteiger partial charge in [-0.05, 0) is 43.0 Å². The van der Waals surface area contributed by atoms with Crippen molar-refractivity contribution in [1.29, 1.82) is 0 Å². The van der Waals surface area contributed by atoms with Gasteiger partial charge in [-0.2, -0.15) is 0 Å². The molecule has 0 unspecified atom stereocenters. The van der Waals surface area contributed by atoms with Crippen molar-refractivity contribution < 1.29 is 9.53 Å². The minimum atomic E-state index is -0.0945. The first kappa shape index (κ1) is 17.3. The molecule has 2 heterocycles. The standard InChI is InChI=1S/C20H25N3O2/c1-16-9-12-23(13-10-16)17-7-8-19(21-15-17)22-20(24)11-14-25-18-5-3-2-4-6-18/h2-8,15-16H,9-14H2,1H3,(H,21,22,24). The fraction of sp³-hybridized carbons (Fsp3) is 0.400. The number of aromatic nitrogens is 1. The highest BCUT2D eigenvalue weighted by atomic mass is 16.5. The van der Waals surface area contributed by atoms with Gasteiger partial charge in [-0.15, -0.1) is 0 Å². The number of carbonyl (C=O) groups excluding carboxylic acids is 1. The van der Waals surface area contributed by atoms with E-state index in [0.717, 1.165) is 30.4 Å². The number of carbonyl (C=O) groups is 1. The third-order valence-corrected chi connectivity index (χ3v) is 4.51. The van der Waals surface area contributed by atoms with E-state index in [-0.39, 0.29) is 5.91 Å². The smallest absolute Gasteiger partial charge is 0.228 e. The van der Waals surface area contributed by atoms with E-state index >= 15 is 0 Å². The molecule has 1 amide bonds. The quantitative estimate of drug-likeness (QED) is 0.871. The first-order valence-corrected chi connectivity index (χ1v) is 8.89. The molecule has 1 aliphatic heterocycles. The van der Waals surface area contributed by atoms with E-state index in [1.807, 2.05) is 48.7 Å². The number of ether oxygens (including phenoxy) is 1. The second kappa shape index (κ2) is 8.51. The van der Waals surface area contributed by atoms with Crippen LogP contribution in [0.4, 0.5) is 11.5 Å². The Balaban J connectivity index is 1.44. The second-order valence-corrected chi connectivity index (χ2v) is 6.53. The fourth-order valence-electron chi connectivity index (χ4n) is 2.90. The van der Waals surface area contributed by atoms with Crippen LogP contribution >= 0.6 is 0 Å². The zero-order valence-corrected chi connectivity index (χ0v) is 14.6. The molecule has 1 aromatic carbocycles. The monoisotopic (exact) mass is 339 g/mol. The molecule has 0 aliphatic carbocycles. The predicted molar refractivity (Wildman–Crippen MR) is 100 cm³/mol. The lowest BCUT2D eigenvalue weighted by Crippen LogP contribution is -2.32. The van der Waals surface area contributed by atoms with Crippen LogP contribution in [0.5, 0.6) is 5.75 Å². The van der Waals surface area contributed by atoms with Crippen molar-refractivity contribution in [1.82, 2.24) is 4.98 Å². The third kappa shape index (κ3) is 5.21. The average Bonchev–Trinajstić information content (AvgIpc) is 2.64. The Morgan fingerprint density at radius 3 is 2.64 bits per heavy atom. The molecule has 0 atom stereocenters. The molecule has 5 heteroatoms. The molecule has 1 fully saturated rings. The van der Waals surface area contributed by atoms with Gasteiger partial charge in [-0.1, -0.05) is 25.1 Å². The Bertz CT molecular complexity index is 665. The molecule has 0 radical (unpaired) electrons. The van der Waals surface area contributed by atoms with E-state index in [2.05, 4.69) is 22.1 Å². The minimum absolute atomic E-state index is 0.0945. The van der Waals surface area contributed by atoms with Crippen molar-refractivity contribution in [2.45, 2.75) is 26.2 Å². The summed E-state index contributed by atoms with van der Waals surface area (Å²) in [5, 5.41) is 2.82. The number of hydrogen-bond donors (Lipinski definition) is 1. The topological polar surface area (TPSA) is 54.5 Å². The zero-order valence-electron chi connectivity index (χ0n) is 14.6. The first-order chi connectivity index (χ1) is 12.2. The molecule has 3 rings (SSSR count). The molecule has 2 aromatic rings. The largest absolute Gasteiger partial charge is 0.493 e. The van der Waals surface area contributed by atoms with Crippen LogP contribution in [0.1, 0.15) is 26.2 Å². The van der Waals surface area contributed by atoms with Crippen LogP contribution in [-0.2, 0) is 4.79 Å². The molecular weight excluding hydrogens is 314 g/mol. The van der Waals surface area contributed by atoms with Crippen molar-refractivity contribution >= 4 is 17.4 Å². The van der Waals surface area contributed by atoms with Crippen LogP contribution in [0, 0.1) is 5.92 Å². The number of amides is 1. The molecule has 0 spiro atoms. The number of nitrogens with zero attached hydrogens (tertiary/aromatic N) is 2. The summed E-state index contributed by atoms with van der Waals surface area (Å²) in [4.78, 5) is 18.7. The number of rotatable bonds is 6. The van der Waals surface area contributed by atoms with Crippen LogP contribution < -0.4 is 15.0 Å². The Morgan fingerprint density at radius 2 is 1.96 bits per heavy atom. The molecular formula is C20H25N3O2. The molecule has 0 saturated carbocycles. The van der Waals surface area contributed by atoms with Crippen LogP contribution in [0.15, 0.2) is 48.7 Å². The number of piperidine rings is 1. The summed E-state index contributed by atoms with van der Waals surface area (Å²) < 4.78 is 5.53. The number of nitrogens with one attached hydrogen (secondary N) is 1. The highest BCUT2D eigenvalue weighted by molar-refractivity contribution is 5.89. The number of benzene rings is 1. The van der Waals surface area contributed by atoms with Gasteiger partial charge in [0.25, 0.3) is 0 Å². The van der Waals surface area contributed by atoms with E-state index in [1.54, 1.807) is 0 Å². The third-order valence-electron chi connectivity index (χ3n) is 4.51. The van der Waals surface area contributed by atoms with Gasteiger partial charge in [0.2, 0.25) is 5.91 Å². The maximum Gasteiger partial charge on any atom is 0.228 e. The van der Waals surface area contributed by atoms with E-state index < -0.39 is 0 Å². The van der Waals surface area contributed by atoms with E-state index in [0.29, 0.717) is 18.8 Å². The van der Waals surface area contributed by atoms with Crippen LogP contribution in [0.3, 0.4) is 0 Å². The van der Waals surface area contributed by atoms with Crippen molar-refractivity contribution in [3.05, 3.63) is 48.7 Å². The van der Waals surface area contributed by atoms with E-state index in [4.69, 9.17) is 4.74 Å². The molecule has 1 saturated heterocycles. The summed E-state index contributed by atoms with van der Waals surface area (Å²) in [5.41, 5.74) is 1.12. The molecule has 5 nitrogen and oxygen atoms in total. The number of pyridine rings is 1. The molecule has 1 aromatic heterocycles. The summed E-state index contributed by atoms with van der Waals surface area (Å²) in [6, 6.07) is 13.4. The maximum absolute atomic E-state index is 12.0. The lowest BCUT2D eigenvalue weighted by atomic mass is 9.99. The van der Waals surface area contributed by atoms with Crippen molar-refractivity contribution in [2.24, 2.45) is 5.92 Å². The zero-order chi connectivity index (χ0) is 17.5. The highest BCUT2D eigenvalue weighted by Gasteiger charge is 2.16. The van der Waals surface area contributed by atoms with Crippen LogP contribution in [0.2, 0.25) is 0 Å². The van der Waals surface area contributed by atoms with Crippen LogP contribution in [0.25, 0.3) is 0 Å². The summed E-state index contributed by atoms with van der Waals surface area (Å²) in [6.07, 6.45) is 4.58. The normalized spacial score (nSPS) is 15.0. The van der Waals surface area contributed by atoms with Gasteiger partial charge in [0.05, 0.1) is 24.9 Å².